The molecule has 0 aliphatic rings. The van der Waals surface area contributed by atoms with E-state index in [9.17, 15) is 13.2 Å². The Morgan fingerprint density at radius 3 is 2.24 bits per heavy atom. The number of hydrogen-bond donors (Lipinski definition) is 2. The van der Waals surface area contributed by atoms with Gasteiger partial charge in [0.2, 0.25) is 0 Å². The maximum Gasteiger partial charge on any atom is 0.335 e. The molecular weight excluding hydrogens is 344 g/mol. The Kier molecular flexibility index (Phi) is 5.43. The maximum atomic E-state index is 11.7. The summed E-state index contributed by atoms with van der Waals surface area (Å²) in [6.07, 6.45) is 1.12. The third-order valence-electron chi connectivity index (χ3n) is 3.47. The molecule has 0 aliphatic carbocycles. The highest BCUT2D eigenvalue weighted by molar-refractivity contribution is 7.90. The smallest absolute Gasteiger partial charge is 0.335 e. The molecule has 0 saturated carbocycles. The predicted octanol–water partition coefficient (Wildman–Crippen LogP) is 2.63. The van der Waals surface area contributed by atoms with Crippen LogP contribution < -0.4 is 10.2 Å². The second kappa shape index (κ2) is 7.35. The number of aromatic carboxylic acids is 1. The summed E-state index contributed by atoms with van der Waals surface area (Å²) >= 11 is 0. The molecule has 2 N–H and O–H groups in total. The van der Waals surface area contributed by atoms with Crippen LogP contribution >= 0.6 is 0 Å². The second-order valence-electron chi connectivity index (χ2n) is 5.33. The van der Waals surface area contributed by atoms with Crippen LogP contribution in [0.25, 0.3) is 0 Å². The first-order chi connectivity index (χ1) is 11.7. The van der Waals surface area contributed by atoms with Gasteiger partial charge in [-0.1, -0.05) is 6.07 Å². The lowest BCUT2D eigenvalue weighted by Gasteiger charge is -2.09. The number of nitrogens with one attached hydrogen (secondary N) is 1. The average Bonchev–Trinajstić information content (AvgIpc) is 2.58. The number of anilines is 1. The molecule has 0 fully saturated rings. The van der Waals surface area contributed by atoms with Crippen LogP contribution in [-0.4, -0.2) is 38.6 Å². The van der Waals surface area contributed by atoms with E-state index in [1.165, 1.54) is 25.3 Å². The Morgan fingerprint density at radius 2 is 1.72 bits per heavy atom. The van der Waals surface area contributed by atoms with Crippen LogP contribution in [0.1, 0.15) is 22.8 Å². The van der Waals surface area contributed by atoms with Crippen molar-refractivity contribution in [3.8, 4) is 5.75 Å². The molecule has 7 nitrogen and oxygen atoms in total. The van der Waals surface area contributed by atoms with Gasteiger partial charge in [0.05, 0.1) is 24.1 Å². The zero-order valence-electron chi connectivity index (χ0n) is 14.0. The Bertz CT molecular complexity index is 919. The zero-order valence-corrected chi connectivity index (χ0v) is 14.8. The molecule has 132 valence electrons. The standard InChI is InChI=1S/C17H18N2O5S/c1-11(18-19-14-7-4-12(5-8-14)17(20)21)13-6-9-16(25(3,22)23)15(10-13)24-2/h4-10,19H,1-3H3,(H,20,21). The van der Waals surface area contributed by atoms with E-state index >= 15 is 0 Å². The third-order valence-corrected chi connectivity index (χ3v) is 4.60. The van der Waals surface area contributed by atoms with Gasteiger partial charge in [0.15, 0.2) is 9.84 Å². The molecule has 0 unspecified atom stereocenters. The summed E-state index contributed by atoms with van der Waals surface area (Å²) in [5, 5.41) is 13.1. The predicted molar refractivity (Wildman–Crippen MR) is 95.3 cm³/mol. The highest BCUT2D eigenvalue weighted by Gasteiger charge is 2.15. The van der Waals surface area contributed by atoms with Crippen molar-refractivity contribution in [2.45, 2.75) is 11.8 Å². The van der Waals surface area contributed by atoms with Crippen molar-refractivity contribution < 1.29 is 23.1 Å². The molecule has 0 heterocycles. The Morgan fingerprint density at radius 1 is 1.12 bits per heavy atom. The van der Waals surface area contributed by atoms with Crippen molar-refractivity contribution in [3.63, 3.8) is 0 Å². The fourth-order valence-electron chi connectivity index (χ4n) is 2.10. The van der Waals surface area contributed by atoms with Gasteiger partial charge in [0.1, 0.15) is 10.6 Å². The van der Waals surface area contributed by atoms with Gasteiger partial charge >= 0.3 is 5.97 Å². The number of sulfone groups is 1. The number of benzene rings is 2. The summed E-state index contributed by atoms with van der Waals surface area (Å²) in [6, 6.07) is 10.9. The van der Waals surface area contributed by atoms with Crippen molar-refractivity contribution in [2.75, 3.05) is 18.8 Å². The number of methoxy groups -OCH3 is 1. The SMILES string of the molecule is COc1cc(C(C)=NNc2ccc(C(=O)O)cc2)ccc1S(C)(=O)=O. The highest BCUT2D eigenvalue weighted by atomic mass is 32.2. The monoisotopic (exact) mass is 362 g/mol. The average molecular weight is 362 g/mol. The number of ether oxygens (including phenoxy) is 1. The lowest BCUT2D eigenvalue weighted by molar-refractivity contribution is 0.0697. The van der Waals surface area contributed by atoms with Gasteiger partial charge < -0.3 is 9.84 Å². The molecule has 2 aromatic rings. The minimum atomic E-state index is -3.38. The quantitative estimate of drug-likeness (QED) is 0.604. The number of nitrogens with zero attached hydrogens (tertiary/aromatic N) is 1. The number of rotatable bonds is 6. The lowest BCUT2D eigenvalue weighted by atomic mass is 10.1. The second-order valence-corrected chi connectivity index (χ2v) is 7.31. The molecule has 2 rings (SSSR count). The molecule has 0 bridgehead atoms. The van der Waals surface area contributed by atoms with Crippen molar-refractivity contribution >= 4 is 27.2 Å². The molecular formula is C17H18N2O5S. The molecule has 0 spiro atoms. The van der Waals surface area contributed by atoms with Gasteiger partial charge in [0.25, 0.3) is 0 Å². The Labute approximate surface area is 145 Å². The Balaban J connectivity index is 2.23. The van der Waals surface area contributed by atoms with Crippen LogP contribution in [0.2, 0.25) is 0 Å². The first-order valence-electron chi connectivity index (χ1n) is 7.24. The summed E-state index contributed by atoms with van der Waals surface area (Å²) in [5.41, 5.74) is 4.95. The first kappa shape index (κ1) is 18.5. The summed E-state index contributed by atoms with van der Waals surface area (Å²) in [4.78, 5) is 10.9. The number of carbonyl (C=O) groups is 1. The van der Waals surface area contributed by atoms with E-state index in [0.717, 1.165) is 6.26 Å². The van der Waals surface area contributed by atoms with E-state index in [4.69, 9.17) is 9.84 Å². The van der Waals surface area contributed by atoms with Crippen molar-refractivity contribution in [3.05, 3.63) is 53.6 Å². The van der Waals surface area contributed by atoms with E-state index in [-0.39, 0.29) is 16.2 Å². The summed E-state index contributed by atoms with van der Waals surface area (Å²) in [7, 11) is -1.98. The molecule has 2 aromatic carbocycles. The van der Waals surface area contributed by atoms with Crippen molar-refractivity contribution in [1.82, 2.24) is 0 Å². The van der Waals surface area contributed by atoms with Gasteiger partial charge in [-0.15, -0.1) is 0 Å². The van der Waals surface area contributed by atoms with Gasteiger partial charge in [-0.3, -0.25) is 5.43 Å². The fraction of sp³-hybridized carbons (Fsp3) is 0.176. The number of hydrazone groups is 1. The molecule has 0 saturated heterocycles. The van der Waals surface area contributed by atoms with Crippen LogP contribution in [0.5, 0.6) is 5.75 Å². The van der Waals surface area contributed by atoms with E-state index in [2.05, 4.69) is 10.5 Å². The largest absolute Gasteiger partial charge is 0.495 e. The maximum absolute atomic E-state index is 11.7. The molecule has 8 heteroatoms. The first-order valence-corrected chi connectivity index (χ1v) is 9.13. The zero-order chi connectivity index (χ0) is 18.6. The van der Waals surface area contributed by atoms with Crippen LogP contribution in [0.15, 0.2) is 52.5 Å². The van der Waals surface area contributed by atoms with E-state index in [1.807, 2.05) is 0 Å². The minimum absolute atomic E-state index is 0.115. The van der Waals surface area contributed by atoms with Crippen molar-refractivity contribution in [2.24, 2.45) is 5.10 Å². The van der Waals surface area contributed by atoms with Crippen molar-refractivity contribution in [1.29, 1.82) is 0 Å². The Hall–Kier alpha value is -2.87. The van der Waals surface area contributed by atoms with Crippen LogP contribution in [0, 0.1) is 0 Å². The van der Waals surface area contributed by atoms with E-state index in [1.54, 1.807) is 31.2 Å². The van der Waals surface area contributed by atoms with E-state index in [0.29, 0.717) is 17.0 Å². The molecule has 0 aliphatic heterocycles. The van der Waals surface area contributed by atoms with Gasteiger partial charge in [-0.25, -0.2) is 13.2 Å². The molecule has 0 aromatic heterocycles. The molecule has 0 amide bonds. The minimum Gasteiger partial charge on any atom is -0.495 e. The van der Waals surface area contributed by atoms with E-state index < -0.39 is 15.8 Å². The van der Waals surface area contributed by atoms with Crippen LogP contribution in [-0.2, 0) is 9.84 Å². The summed E-state index contributed by atoms with van der Waals surface area (Å²) in [6.45, 7) is 1.76. The van der Waals surface area contributed by atoms with Gasteiger partial charge in [-0.05, 0) is 43.3 Å². The number of hydrogen-bond acceptors (Lipinski definition) is 6. The fourth-order valence-corrected chi connectivity index (χ4v) is 2.92. The molecule has 0 radical (unpaired) electrons. The topological polar surface area (TPSA) is 105 Å². The summed E-state index contributed by atoms with van der Waals surface area (Å²) < 4.78 is 28.6. The highest BCUT2D eigenvalue weighted by Crippen LogP contribution is 2.25. The van der Waals surface area contributed by atoms with Gasteiger partial charge in [-0.2, -0.15) is 5.10 Å². The van der Waals surface area contributed by atoms with Gasteiger partial charge in [0, 0.05) is 11.8 Å². The van der Waals surface area contributed by atoms with Crippen LogP contribution in [0.3, 0.4) is 0 Å². The third kappa shape index (κ3) is 4.57. The van der Waals surface area contributed by atoms with Crippen LogP contribution in [0.4, 0.5) is 5.69 Å². The summed E-state index contributed by atoms with van der Waals surface area (Å²) in [5.74, 6) is -0.746. The molecule has 0 atom stereocenters. The normalized spacial score (nSPS) is 11.9. The number of carboxylic acid groups (broad SMARTS) is 1. The lowest BCUT2D eigenvalue weighted by Crippen LogP contribution is -2.04. The number of carboxylic acids is 1. The molecule has 25 heavy (non-hydrogen) atoms.